The normalized spacial score (nSPS) is 10.5. The van der Waals surface area contributed by atoms with Gasteiger partial charge in [-0.1, -0.05) is 6.07 Å². The van der Waals surface area contributed by atoms with Gasteiger partial charge in [0, 0.05) is 0 Å². The van der Waals surface area contributed by atoms with Crippen LogP contribution in [0.3, 0.4) is 0 Å². The van der Waals surface area contributed by atoms with Gasteiger partial charge in [0.1, 0.15) is 5.82 Å². The van der Waals surface area contributed by atoms with Gasteiger partial charge in [-0.25, -0.2) is 9.18 Å². The van der Waals surface area contributed by atoms with Gasteiger partial charge < -0.3 is 9.84 Å². The summed E-state index contributed by atoms with van der Waals surface area (Å²) in [7, 11) is 0. The van der Waals surface area contributed by atoms with E-state index in [4.69, 9.17) is 9.84 Å². The fraction of sp³-hybridized carbons (Fsp3) is 0.182. The lowest BCUT2D eigenvalue weighted by Gasteiger charge is -2.01. The van der Waals surface area contributed by atoms with E-state index in [2.05, 4.69) is 0 Å². The SMILES string of the molecule is CCOC=Cc1ccc(F)cc1C(=O)O. The van der Waals surface area contributed by atoms with Crippen molar-refractivity contribution >= 4 is 12.0 Å². The molecule has 0 spiro atoms. The Bertz CT molecular complexity index is 385. The highest BCUT2D eigenvalue weighted by Crippen LogP contribution is 2.13. The van der Waals surface area contributed by atoms with Crippen molar-refractivity contribution in [3.05, 3.63) is 41.4 Å². The van der Waals surface area contributed by atoms with Gasteiger partial charge in [-0.05, 0) is 30.7 Å². The van der Waals surface area contributed by atoms with Crippen LogP contribution in [0, 0.1) is 5.82 Å². The Balaban J connectivity index is 3.01. The molecule has 1 aromatic carbocycles. The molecule has 1 rings (SSSR count). The number of hydrogen-bond acceptors (Lipinski definition) is 2. The molecule has 80 valence electrons. The lowest BCUT2D eigenvalue weighted by Crippen LogP contribution is -2.00. The number of benzene rings is 1. The average molecular weight is 210 g/mol. The van der Waals surface area contributed by atoms with Gasteiger partial charge in [0.05, 0.1) is 18.4 Å². The summed E-state index contributed by atoms with van der Waals surface area (Å²) in [6.45, 7) is 2.31. The molecule has 0 radical (unpaired) electrons. The molecular formula is C11H11FO3. The summed E-state index contributed by atoms with van der Waals surface area (Å²) in [5.41, 5.74) is 0.336. The Hall–Kier alpha value is -1.84. The third-order valence-electron chi connectivity index (χ3n) is 1.76. The predicted molar refractivity (Wildman–Crippen MR) is 54.0 cm³/mol. The molecule has 0 heterocycles. The molecule has 0 saturated heterocycles. The van der Waals surface area contributed by atoms with E-state index in [9.17, 15) is 9.18 Å². The molecular weight excluding hydrogens is 199 g/mol. The Morgan fingerprint density at radius 1 is 1.60 bits per heavy atom. The van der Waals surface area contributed by atoms with E-state index in [0.717, 1.165) is 6.07 Å². The number of halogens is 1. The summed E-state index contributed by atoms with van der Waals surface area (Å²) in [5, 5.41) is 8.81. The molecule has 0 bridgehead atoms. The van der Waals surface area contributed by atoms with E-state index in [1.807, 2.05) is 6.92 Å². The van der Waals surface area contributed by atoms with Crippen LogP contribution in [-0.4, -0.2) is 17.7 Å². The Labute approximate surface area is 86.8 Å². The monoisotopic (exact) mass is 210 g/mol. The molecule has 15 heavy (non-hydrogen) atoms. The molecule has 0 fully saturated rings. The number of aromatic carboxylic acids is 1. The van der Waals surface area contributed by atoms with Crippen LogP contribution in [0.25, 0.3) is 6.08 Å². The maximum absolute atomic E-state index is 12.8. The van der Waals surface area contributed by atoms with Crippen molar-refractivity contribution in [1.29, 1.82) is 0 Å². The molecule has 0 aromatic heterocycles. The molecule has 0 atom stereocenters. The van der Waals surface area contributed by atoms with Crippen LogP contribution >= 0.6 is 0 Å². The zero-order valence-electron chi connectivity index (χ0n) is 8.24. The van der Waals surface area contributed by atoms with Crippen molar-refractivity contribution in [3.8, 4) is 0 Å². The van der Waals surface area contributed by atoms with Crippen molar-refractivity contribution < 1.29 is 19.0 Å². The van der Waals surface area contributed by atoms with Gasteiger partial charge in [0.25, 0.3) is 0 Å². The average Bonchev–Trinajstić information content (AvgIpc) is 2.20. The highest BCUT2D eigenvalue weighted by Gasteiger charge is 2.08. The number of ether oxygens (including phenoxy) is 1. The third kappa shape index (κ3) is 3.09. The second-order valence-electron chi connectivity index (χ2n) is 2.79. The van der Waals surface area contributed by atoms with Crippen molar-refractivity contribution in [2.75, 3.05) is 6.61 Å². The van der Waals surface area contributed by atoms with E-state index in [-0.39, 0.29) is 5.56 Å². The molecule has 1 aromatic rings. The highest BCUT2D eigenvalue weighted by molar-refractivity contribution is 5.92. The minimum absolute atomic E-state index is 0.0778. The van der Waals surface area contributed by atoms with Crippen molar-refractivity contribution in [2.24, 2.45) is 0 Å². The van der Waals surface area contributed by atoms with Crippen molar-refractivity contribution in [3.63, 3.8) is 0 Å². The molecule has 0 aliphatic rings. The van der Waals surface area contributed by atoms with Crippen LogP contribution in [0.5, 0.6) is 0 Å². The number of carbonyl (C=O) groups is 1. The second kappa shape index (κ2) is 5.14. The molecule has 0 aliphatic heterocycles. The molecule has 1 N–H and O–H groups in total. The van der Waals surface area contributed by atoms with Crippen LogP contribution < -0.4 is 0 Å². The first-order valence-electron chi connectivity index (χ1n) is 4.46. The molecule has 3 nitrogen and oxygen atoms in total. The fourth-order valence-electron chi connectivity index (χ4n) is 1.08. The first-order valence-corrected chi connectivity index (χ1v) is 4.46. The second-order valence-corrected chi connectivity index (χ2v) is 2.79. The highest BCUT2D eigenvalue weighted by atomic mass is 19.1. The van der Waals surface area contributed by atoms with E-state index in [1.165, 1.54) is 24.5 Å². The minimum Gasteiger partial charge on any atom is -0.501 e. The molecule has 0 unspecified atom stereocenters. The van der Waals surface area contributed by atoms with Crippen LogP contribution in [0.15, 0.2) is 24.5 Å². The maximum atomic E-state index is 12.8. The topological polar surface area (TPSA) is 46.5 Å². The third-order valence-corrected chi connectivity index (χ3v) is 1.76. The zero-order chi connectivity index (χ0) is 11.3. The van der Waals surface area contributed by atoms with Crippen LogP contribution in [0.4, 0.5) is 4.39 Å². The molecule has 0 aliphatic carbocycles. The van der Waals surface area contributed by atoms with Gasteiger partial charge in [-0.3, -0.25) is 0 Å². The van der Waals surface area contributed by atoms with Gasteiger partial charge in [0.15, 0.2) is 0 Å². The number of carboxylic acids is 1. The molecule has 4 heteroatoms. The van der Waals surface area contributed by atoms with Crippen LogP contribution in [0.1, 0.15) is 22.8 Å². The largest absolute Gasteiger partial charge is 0.501 e. The summed E-state index contributed by atoms with van der Waals surface area (Å²) in [5.74, 6) is -1.73. The first kappa shape index (κ1) is 11.2. The number of carboxylic acid groups (broad SMARTS) is 1. The quantitative estimate of drug-likeness (QED) is 0.777. The minimum atomic E-state index is -1.16. The smallest absolute Gasteiger partial charge is 0.336 e. The molecule has 0 amide bonds. The van der Waals surface area contributed by atoms with E-state index < -0.39 is 11.8 Å². The van der Waals surface area contributed by atoms with Gasteiger partial charge in [0.2, 0.25) is 0 Å². The van der Waals surface area contributed by atoms with Gasteiger partial charge in [-0.15, -0.1) is 0 Å². The van der Waals surface area contributed by atoms with Gasteiger partial charge >= 0.3 is 5.97 Å². The van der Waals surface area contributed by atoms with E-state index in [0.29, 0.717) is 12.2 Å². The Morgan fingerprint density at radius 2 is 2.33 bits per heavy atom. The van der Waals surface area contributed by atoms with Gasteiger partial charge in [-0.2, -0.15) is 0 Å². The summed E-state index contributed by atoms with van der Waals surface area (Å²) >= 11 is 0. The zero-order valence-corrected chi connectivity index (χ0v) is 8.24. The summed E-state index contributed by atoms with van der Waals surface area (Å²) in [6.07, 6.45) is 2.88. The van der Waals surface area contributed by atoms with Crippen molar-refractivity contribution in [2.45, 2.75) is 6.92 Å². The number of rotatable bonds is 4. The lowest BCUT2D eigenvalue weighted by atomic mass is 10.1. The molecule has 0 saturated carbocycles. The number of hydrogen-bond donors (Lipinski definition) is 1. The summed E-state index contributed by atoms with van der Waals surface area (Å²) in [4.78, 5) is 10.8. The van der Waals surface area contributed by atoms with E-state index >= 15 is 0 Å². The van der Waals surface area contributed by atoms with Crippen molar-refractivity contribution in [1.82, 2.24) is 0 Å². The maximum Gasteiger partial charge on any atom is 0.336 e. The summed E-state index contributed by atoms with van der Waals surface area (Å²) < 4.78 is 17.7. The summed E-state index contributed by atoms with van der Waals surface area (Å²) in [6, 6.07) is 3.58. The van der Waals surface area contributed by atoms with E-state index in [1.54, 1.807) is 0 Å². The van der Waals surface area contributed by atoms with Crippen LogP contribution in [-0.2, 0) is 4.74 Å². The first-order chi connectivity index (χ1) is 7.15. The lowest BCUT2D eigenvalue weighted by molar-refractivity contribution is 0.0696. The Kier molecular flexibility index (Phi) is 3.85. The Morgan fingerprint density at radius 3 is 2.93 bits per heavy atom. The standard InChI is InChI=1S/C11H11FO3/c1-2-15-6-5-8-3-4-9(12)7-10(8)11(13)14/h3-7H,2H2,1H3,(H,13,14). The van der Waals surface area contributed by atoms with Crippen LogP contribution in [0.2, 0.25) is 0 Å². The predicted octanol–water partition coefficient (Wildman–Crippen LogP) is 2.53. The fourth-order valence-corrected chi connectivity index (χ4v) is 1.08.